The van der Waals surface area contributed by atoms with Crippen LogP contribution in [0.5, 0.6) is 0 Å². The molecule has 3 saturated heterocycles. The van der Waals surface area contributed by atoms with E-state index in [9.17, 15) is 4.79 Å². The fourth-order valence-electron chi connectivity index (χ4n) is 2.20. The van der Waals surface area contributed by atoms with Crippen LogP contribution in [0.25, 0.3) is 0 Å². The van der Waals surface area contributed by atoms with E-state index in [1.54, 1.807) is 0 Å². The van der Waals surface area contributed by atoms with E-state index < -0.39 is 0 Å². The standard InChI is InChI=1S/C7H8O3S/c8-7-5-3-1-2-4(9-3)6(5)11-10-7/h3-6H,1-2H2. The quantitative estimate of drug-likeness (QED) is 0.505. The minimum Gasteiger partial charge on any atom is -0.391 e. The van der Waals surface area contributed by atoms with Gasteiger partial charge in [0, 0.05) is 0 Å². The lowest BCUT2D eigenvalue weighted by Gasteiger charge is -2.13. The average Bonchev–Trinajstić information content (AvgIpc) is 2.60. The van der Waals surface area contributed by atoms with E-state index in [0.717, 1.165) is 12.8 Å². The Balaban J connectivity index is 1.97. The third kappa shape index (κ3) is 0.667. The molecule has 0 spiro atoms. The van der Waals surface area contributed by atoms with Gasteiger partial charge in [0.1, 0.15) is 5.92 Å². The van der Waals surface area contributed by atoms with Crippen molar-refractivity contribution in [2.75, 3.05) is 0 Å². The van der Waals surface area contributed by atoms with Gasteiger partial charge in [0.2, 0.25) is 0 Å². The summed E-state index contributed by atoms with van der Waals surface area (Å²) in [6.07, 6.45) is 2.62. The molecule has 0 aromatic rings. The molecule has 3 aliphatic rings. The molecule has 0 N–H and O–H groups in total. The van der Waals surface area contributed by atoms with Gasteiger partial charge in [0.15, 0.2) is 0 Å². The van der Waals surface area contributed by atoms with Crippen molar-refractivity contribution in [2.45, 2.75) is 30.3 Å². The fraction of sp³-hybridized carbons (Fsp3) is 0.857. The fourth-order valence-corrected chi connectivity index (χ4v) is 3.25. The van der Waals surface area contributed by atoms with Crippen molar-refractivity contribution < 1.29 is 13.7 Å². The second-order valence-electron chi connectivity index (χ2n) is 3.28. The smallest absolute Gasteiger partial charge is 0.324 e. The largest absolute Gasteiger partial charge is 0.391 e. The number of carbonyl (C=O) groups is 1. The highest BCUT2D eigenvalue weighted by molar-refractivity contribution is 7.96. The predicted molar refractivity (Wildman–Crippen MR) is 38.9 cm³/mol. The van der Waals surface area contributed by atoms with Gasteiger partial charge in [-0.1, -0.05) is 0 Å². The molecule has 0 aromatic heterocycles. The second kappa shape index (κ2) is 1.93. The van der Waals surface area contributed by atoms with Crippen LogP contribution in [0.15, 0.2) is 0 Å². The molecule has 0 saturated carbocycles. The van der Waals surface area contributed by atoms with Crippen LogP contribution in [0, 0.1) is 5.92 Å². The number of hydrogen-bond donors (Lipinski definition) is 0. The van der Waals surface area contributed by atoms with Gasteiger partial charge in [-0.3, -0.25) is 4.79 Å². The lowest BCUT2D eigenvalue weighted by molar-refractivity contribution is -0.137. The lowest BCUT2D eigenvalue weighted by Crippen LogP contribution is -2.29. The zero-order chi connectivity index (χ0) is 7.42. The normalized spacial score (nSPS) is 52.9. The van der Waals surface area contributed by atoms with Crippen molar-refractivity contribution in [1.82, 2.24) is 0 Å². The number of carbonyl (C=O) groups excluding carboxylic acids is 1. The van der Waals surface area contributed by atoms with Crippen molar-refractivity contribution in [3.63, 3.8) is 0 Å². The van der Waals surface area contributed by atoms with E-state index >= 15 is 0 Å². The maximum Gasteiger partial charge on any atom is 0.324 e. The van der Waals surface area contributed by atoms with Crippen LogP contribution in [0.3, 0.4) is 0 Å². The summed E-state index contributed by atoms with van der Waals surface area (Å²) in [5, 5.41) is 0.307. The molecule has 4 atom stereocenters. The number of hydrogen-bond acceptors (Lipinski definition) is 4. The zero-order valence-corrected chi connectivity index (χ0v) is 6.67. The minimum atomic E-state index is -0.0628. The molecule has 0 radical (unpaired) electrons. The Hall–Kier alpha value is -0.220. The van der Waals surface area contributed by atoms with E-state index in [4.69, 9.17) is 8.92 Å². The first-order valence-electron chi connectivity index (χ1n) is 3.89. The second-order valence-corrected chi connectivity index (χ2v) is 4.18. The van der Waals surface area contributed by atoms with Gasteiger partial charge in [-0.05, 0) is 12.8 Å². The molecule has 3 nitrogen and oxygen atoms in total. The molecule has 0 aromatic carbocycles. The van der Waals surface area contributed by atoms with Crippen molar-refractivity contribution in [3.8, 4) is 0 Å². The summed E-state index contributed by atoms with van der Waals surface area (Å²) >= 11 is 1.31. The Kier molecular flexibility index (Phi) is 1.11. The van der Waals surface area contributed by atoms with Crippen molar-refractivity contribution in [2.24, 2.45) is 5.92 Å². The predicted octanol–water partition coefficient (Wildman–Crippen LogP) is 0.737. The molecule has 4 heteroatoms. The van der Waals surface area contributed by atoms with Gasteiger partial charge in [0.25, 0.3) is 0 Å². The van der Waals surface area contributed by atoms with Crippen molar-refractivity contribution in [3.05, 3.63) is 0 Å². The SMILES string of the molecule is O=C1OSC2C3CCC(O3)C12. The highest BCUT2D eigenvalue weighted by Crippen LogP contribution is 2.49. The molecule has 60 valence electrons. The lowest BCUT2D eigenvalue weighted by atomic mass is 9.89. The van der Waals surface area contributed by atoms with Crippen molar-refractivity contribution >= 4 is 18.0 Å². The summed E-state index contributed by atoms with van der Waals surface area (Å²) in [6.45, 7) is 0. The van der Waals surface area contributed by atoms with E-state index in [1.807, 2.05) is 0 Å². The van der Waals surface area contributed by atoms with Gasteiger partial charge in [0.05, 0.1) is 29.5 Å². The molecular formula is C7H8O3S. The van der Waals surface area contributed by atoms with Crippen LogP contribution in [0.2, 0.25) is 0 Å². The third-order valence-corrected chi connectivity index (χ3v) is 3.80. The first-order chi connectivity index (χ1) is 5.36. The molecular weight excluding hydrogens is 164 g/mol. The van der Waals surface area contributed by atoms with Gasteiger partial charge in [-0.25, -0.2) is 0 Å². The maximum absolute atomic E-state index is 11.1. The Morgan fingerprint density at radius 1 is 1.36 bits per heavy atom. The van der Waals surface area contributed by atoms with Crippen molar-refractivity contribution in [1.29, 1.82) is 0 Å². The summed E-state index contributed by atoms with van der Waals surface area (Å²) in [7, 11) is 0. The van der Waals surface area contributed by atoms with Gasteiger partial charge < -0.3 is 8.92 Å². The summed E-state index contributed by atoms with van der Waals surface area (Å²) in [5.74, 6) is -0.00838. The molecule has 2 bridgehead atoms. The number of ether oxygens (including phenoxy) is 1. The van der Waals surface area contributed by atoms with Crippen LogP contribution in [0.1, 0.15) is 12.8 Å². The Morgan fingerprint density at radius 3 is 3.00 bits per heavy atom. The first kappa shape index (κ1) is 6.31. The summed E-state index contributed by atoms with van der Waals surface area (Å²) in [6, 6.07) is 0. The van der Waals surface area contributed by atoms with Gasteiger partial charge in [-0.15, -0.1) is 0 Å². The number of rotatable bonds is 0. The molecule has 3 fully saturated rings. The molecule has 3 heterocycles. The number of fused-ring (bicyclic) bond motifs is 5. The Bertz CT molecular complexity index is 218. The summed E-state index contributed by atoms with van der Waals surface area (Å²) in [4.78, 5) is 11.1. The van der Waals surface area contributed by atoms with Gasteiger partial charge in [-0.2, -0.15) is 0 Å². The van der Waals surface area contributed by atoms with Gasteiger partial charge >= 0.3 is 5.97 Å². The van der Waals surface area contributed by atoms with Crippen LogP contribution in [0.4, 0.5) is 0 Å². The zero-order valence-electron chi connectivity index (χ0n) is 5.86. The van der Waals surface area contributed by atoms with Crippen LogP contribution in [-0.2, 0) is 13.7 Å². The molecule has 0 aliphatic carbocycles. The third-order valence-electron chi connectivity index (χ3n) is 2.72. The van der Waals surface area contributed by atoms with E-state index in [2.05, 4.69) is 0 Å². The first-order valence-corrected chi connectivity index (χ1v) is 4.69. The van der Waals surface area contributed by atoms with E-state index in [1.165, 1.54) is 12.0 Å². The average molecular weight is 172 g/mol. The summed E-state index contributed by atoms with van der Waals surface area (Å²) < 4.78 is 10.5. The molecule has 0 amide bonds. The van der Waals surface area contributed by atoms with Crippen LogP contribution >= 0.6 is 12.0 Å². The monoisotopic (exact) mass is 172 g/mol. The molecule has 4 unspecified atom stereocenters. The van der Waals surface area contributed by atoms with E-state index in [0.29, 0.717) is 11.4 Å². The summed E-state index contributed by atoms with van der Waals surface area (Å²) in [5.41, 5.74) is 0. The Morgan fingerprint density at radius 2 is 2.18 bits per heavy atom. The van der Waals surface area contributed by atoms with E-state index in [-0.39, 0.29) is 18.0 Å². The topological polar surface area (TPSA) is 35.5 Å². The van der Waals surface area contributed by atoms with Crippen LogP contribution in [-0.4, -0.2) is 23.4 Å². The molecule has 11 heavy (non-hydrogen) atoms. The Labute approximate surface area is 68.6 Å². The maximum atomic E-state index is 11.1. The molecule has 3 rings (SSSR count). The highest BCUT2D eigenvalue weighted by atomic mass is 32.2. The van der Waals surface area contributed by atoms with Crippen LogP contribution < -0.4 is 0 Å². The molecule has 3 aliphatic heterocycles. The highest BCUT2D eigenvalue weighted by Gasteiger charge is 2.57. The minimum absolute atomic E-state index is 0.0544.